The number of nitrogens with one attached hydrogen (secondary N) is 1. The molecule has 1 nitrogen and oxygen atoms in total. The van der Waals surface area contributed by atoms with E-state index in [1.54, 1.807) is 0 Å². The Kier molecular flexibility index (Phi) is 5.71. The van der Waals surface area contributed by atoms with Crippen molar-refractivity contribution < 1.29 is 0 Å². The van der Waals surface area contributed by atoms with Crippen LogP contribution in [0.25, 0.3) is 0 Å². The van der Waals surface area contributed by atoms with Crippen LogP contribution in [0, 0.1) is 5.92 Å². The molecule has 100 valence electrons. The van der Waals surface area contributed by atoms with E-state index in [0.717, 1.165) is 12.5 Å². The smallest absolute Gasteiger partial charge is 0.0322 e. The Morgan fingerprint density at radius 1 is 1.17 bits per heavy atom. The first-order chi connectivity index (χ1) is 8.79. The lowest BCUT2D eigenvalue weighted by Gasteiger charge is -2.27. The van der Waals surface area contributed by atoms with E-state index in [1.807, 2.05) is 0 Å². The standard InChI is InChI=1S/C16H24BrN/c1-2-18-16(12-13-6-4-3-5-7-13)14-8-10-15(17)11-9-14/h8-11,13,16,18H,2-7,12H2,1H3. The second kappa shape index (κ2) is 7.30. The molecule has 1 atom stereocenters. The van der Waals surface area contributed by atoms with Crippen LogP contribution in [0.1, 0.15) is 57.1 Å². The van der Waals surface area contributed by atoms with E-state index in [1.165, 1.54) is 48.6 Å². The Bertz CT molecular complexity index is 341. The van der Waals surface area contributed by atoms with Gasteiger partial charge in [-0.2, -0.15) is 0 Å². The molecule has 0 saturated heterocycles. The van der Waals surface area contributed by atoms with Crippen LogP contribution in [0.4, 0.5) is 0 Å². The first kappa shape index (κ1) is 14.1. The van der Waals surface area contributed by atoms with Crippen molar-refractivity contribution in [1.29, 1.82) is 0 Å². The fraction of sp³-hybridized carbons (Fsp3) is 0.625. The summed E-state index contributed by atoms with van der Waals surface area (Å²) in [5.41, 5.74) is 1.44. The molecule has 0 aliphatic heterocycles. The summed E-state index contributed by atoms with van der Waals surface area (Å²) in [4.78, 5) is 0. The highest BCUT2D eigenvalue weighted by molar-refractivity contribution is 9.10. The summed E-state index contributed by atoms with van der Waals surface area (Å²) in [6, 6.07) is 9.34. The topological polar surface area (TPSA) is 12.0 Å². The molecule has 0 radical (unpaired) electrons. The van der Waals surface area contributed by atoms with Gasteiger partial charge in [-0.1, -0.05) is 67.1 Å². The van der Waals surface area contributed by atoms with Gasteiger partial charge >= 0.3 is 0 Å². The predicted octanol–water partition coefficient (Wildman–Crippen LogP) is 5.07. The van der Waals surface area contributed by atoms with Crippen LogP contribution in [0.15, 0.2) is 28.7 Å². The molecule has 0 spiro atoms. The first-order valence-electron chi connectivity index (χ1n) is 7.28. The molecule has 2 rings (SSSR count). The van der Waals surface area contributed by atoms with Crippen LogP contribution in [0.2, 0.25) is 0 Å². The molecule has 0 bridgehead atoms. The van der Waals surface area contributed by atoms with Crippen LogP contribution < -0.4 is 5.32 Å². The second-order valence-electron chi connectivity index (χ2n) is 5.40. The number of halogens is 1. The largest absolute Gasteiger partial charge is 0.310 e. The molecular formula is C16H24BrN. The van der Waals surface area contributed by atoms with E-state index in [4.69, 9.17) is 0 Å². The van der Waals surface area contributed by atoms with Crippen molar-refractivity contribution in [3.05, 3.63) is 34.3 Å². The Hall–Kier alpha value is -0.340. The van der Waals surface area contributed by atoms with Gasteiger partial charge < -0.3 is 5.32 Å². The van der Waals surface area contributed by atoms with Gasteiger partial charge in [0.25, 0.3) is 0 Å². The molecule has 0 amide bonds. The van der Waals surface area contributed by atoms with Gasteiger partial charge in [-0.15, -0.1) is 0 Å². The molecule has 0 aromatic heterocycles. The van der Waals surface area contributed by atoms with Gasteiger partial charge in [-0.3, -0.25) is 0 Å². The highest BCUT2D eigenvalue weighted by atomic mass is 79.9. The molecule has 1 aliphatic rings. The van der Waals surface area contributed by atoms with Crippen molar-refractivity contribution in [1.82, 2.24) is 5.32 Å². The summed E-state index contributed by atoms with van der Waals surface area (Å²) in [7, 11) is 0. The van der Waals surface area contributed by atoms with E-state index >= 15 is 0 Å². The maximum Gasteiger partial charge on any atom is 0.0322 e. The molecule has 1 fully saturated rings. The zero-order valence-corrected chi connectivity index (χ0v) is 12.9. The van der Waals surface area contributed by atoms with E-state index < -0.39 is 0 Å². The lowest BCUT2D eigenvalue weighted by Crippen LogP contribution is -2.24. The van der Waals surface area contributed by atoms with Crippen LogP contribution in [-0.2, 0) is 0 Å². The zero-order valence-electron chi connectivity index (χ0n) is 11.3. The van der Waals surface area contributed by atoms with Crippen molar-refractivity contribution in [3.8, 4) is 0 Å². The van der Waals surface area contributed by atoms with Gasteiger partial charge in [0.15, 0.2) is 0 Å². The van der Waals surface area contributed by atoms with Crippen molar-refractivity contribution in [2.24, 2.45) is 5.92 Å². The third-order valence-electron chi connectivity index (χ3n) is 4.02. The second-order valence-corrected chi connectivity index (χ2v) is 6.32. The Balaban J connectivity index is 2.00. The monoisotopic (exact) mass is 309 g/mol. The Morgan fingerprint density at radius 2 is 1.83 bits per heavy atom. The average Bonchev–Trinajstić information content (AvgIpc) is 2.40. The molecule has 1 saturated carbocycles. The molecular weight excluding hydrogens is 286 g/mol. The molecule has 1 N–H and O–H groups in total. The minimum Gasteiger partial charge on any atom is -0.310 e. The van der Waals surface area contributed by atoms with Gasteiger partial charge in [-0.25, -0.2) is 0 Å². The molecule has 1 aromatic carbocycles. The molecule has 2 heteroatoms. The number of hydrogen-bond donors (Lipinski definition) is 1. The highest BCUT2D eigenvalue weighted by Crippen LogP contribution is 2.32. The van der Waals surface area contributed by atoms with Crippen molar-refractivity contribution in [2.75, 3.05) is 6.54 Å². The zero-order chi connectivity index (χ0) is 12.8. The molecule has 0 heterocycles. The number of rotatable bonds is 5. The van der Waals surface area contributed by atoms with Gasteiger partial charge in [-0.05, 0) is 36.6 Å². The Morgan fingerprint density at radius 3 is 2.44 bits per heavy atom. The van der Waals surface area contributed by atoms with E-state index in [9.17, 15) is 0 Å². The maximum absolute atomic E-state index is 3.65. The summed E-state index contributed by atoms with van der Waals surface area (Å²) in [6.45, 7) is 3.25. The highest BCUT2D eigenvalue weighted by Gasteiger charge is 2.19. The predicted molar refractivity (Wildman–Crippen MR) is 81.8 cm³/mol. The fourth-order valence-electron chi connectivity index (χ4n) is 3.03. The average molecular weight is 310 g/mol. The van der Waals surface area contributed by atoms with Gasteiger partial charge in [0.2, 0.25) is 0 Å². The van der Waals surface area contributed by atoms with Crippen molar-refractivity contribution >= 4 is 15.9 Å². The van der Waals surface area contributed by atoms with E-state index in [0.29, 0.717) is 6.04 Å². The SMILES string of the molecule is CCNC(CC1CCCCC1)c1ccc(Br)cc1. The van der Waals surface area contributed by atoms with Crippen LogP contribution in [-0.4, -0.2) is 6.54 Å². The van der Waals surface area contributed by atoms with E-state index in [2.05, 4.69) is 52.4 Å². The summed E-state index contributed by atoms with van der Waals surface area (Å²) < 4.78 is 1.17. The van der Waals surface area contributed by atoms with Crippen LogP contribution >= 0.6 is 15.9 Å². The van der Waals surface area contributed by atoms with Gasteiger partial charge in [0, 0.05) is 10.5 Å². The van der Waals surface area contributed by atoms with Gasteiger partial charge in [0.1, 0.15) is 0 Å². The summed E-state index contributed by atoms with van der Waals surface area (Å²) >= 11 is 3.51. The summed E-state index contributed by atoms with van der Waals surface area (Å²) in [5.74, 6) is 0.923. The molecule has 1 aromatic rings. The lowest BCUT2D eigenvalue weighted by atomic mass is 9.83. The third kappa shape index (κ3) is 4.10. The Labute approximate surface area is 119 Å². The quantitative estimate of drug-likeness (QED) is 0.800. The maximum atomic E-state index is 3.65. The minimum atomic E-state index is 0.534. The minimum absolute atomic E-state index is 0.534. The molecule has 1 aliphatic carbocycles. The van der Waals surface area contributed by atoms with E-state index in [-0.39, 0.29) is 0 Å². The molecule has 18 heavy (non-hydrogen) atoms. The van der Waals surface area contributed by atoms with Crippen molar-refractivity contribution in [2.45, 2.75) is 51.5 Å². The van der Waals surface area contributed by atoms with Crippen molar-refractivity contribution in [3.63, 3.8) is 0 Å². The fourth-order valence-corrected chi connectivity index (χ4v) is 3.30. The van der Waals surface area contributed by atoms with Crippen LogP contribution in [0.3, 0.4) is 0 Å². The first-order valence-corrected chi connectivity index (χ1v) is 8.07. The lowest BCUT2D eigenvalue weighted by molar-refractivity contribution is 0.301. The van der Waals surface area contributed by atoms with Gasteiger partial charge in [0.05, 0.1) is 0 Å². The molecule has 1 unspecified atom stereocenters. The third-order valence-corrected chi connectivity index (χ3v) is 4.55. The van der Waals surface area contributed by atoms with Crippen LogP contribution in [0.5, 0.6) is 0 Å². The normalized spacial score (nSPS) is 18.8. The number of hydrogen-bond acceptors (Lipinski definition) is 1. The number of benzene rings is 1. The summed E-state index contributed by atoms with van der Waals surface area (Å²) in [6.07, 6.45) is 8.47. The summed E-state index contributed by atoms with van der Waals surface area (Å²) in [5, 5.41) is 3.65.